The first-order valence-corrected chi connectivity index (χ1v) is 8.92. The van der Waals surface area contributed by atoms with Crippen LogP contribution in [0, 0.1) is 6.92 Å². The normalized spacial score (nSPS) is 19.9. The van der Waals surface area contributed by atoms with E-state index >= 15 is 0 Å². The van der Waals surface area contributed by atoms with Crippen LogP contribution >= 0.6 is 35.3 Å². The molecule has 1 unspecified atom stereocenters. The molecule has 4 nitrogen and oxygen atoms in total. The predicted molar refractivity (Wildman–Crippen MR) is 78.9 cm³/mol. The number of carbonyl (C=O) groups is 1. The van der Waals surface area contributed by atoms with Gasteiger partial charge in [0, 0.05) is 35.3 Å². The third kappa shape index (κ3) is 4.13. The van der Waals surface area contributed by atoms with Gasteiger partial charge >= 0.3 is 5.97 Å². The van der Waals surface area contributed by atoms with Gasteiger partial charge in [-0.3, -0.25) is 4.79 Å². The highest BCUT2D eigenvalue weighted by Crippen LogP contribution is 2.27. The van der Waals surface area contributed by atoms with Gasteiger partial charge in [0.1, 0.15) is 0 Å². The first-order chi connectivity index (χ1) is 8.65. The zero-order valence-electron chi connectivity index (χ0n) is 10.2. The second-order valence-corrected chi connectivity index (χ2v) is 7.57. The molecule has 0 bridgehead atoms. The van der Waals surface area contributed by atoms with Gasteiger partial charge in [-0.05, 0) is 6.92 Å². The van der Waals surface area contributed by atoms with Gasteiger partial charge in [0.05, 0.1) is 11.4 Å². The molecule has 0 amide bonds. The van der Waals surface area contributed by atoms with E-state index in [4.69, 9.17) is 5.11 Å². The lowest BCUT2D eigenvalue weighted by atomic mass is 10.4. The molecule has 0 aromatic carbocycles. The summed E-state index contributed by atoms with van der Waals surface area (Å²) in [4.78, 5) is 15.0. The summed E-state index contributed by atoms with van der Waals surface area (Å²) < 4.78 is 2.10. The molecular weight excluding hydrogens is 288 g/mol. The van der Waals surface area contributed by atoms with E-state index in [2.05, 4.69) is 9.55 Å². The van der Waals surface area contributed by atoms with Gasteiger partial charge in [-0.25, -0.2) is 4.98 Å². The van der Waals surface area contributed by atoms with Crippen LogP contribution in [0.15, 0.2) is 11.4 Å². The van der Waals surface area contributed by atoms with Crippen LogP contribution in [0.25, 0.3) is 0 Å². The van der Waals surface area contributed by atoms with Gasteiger partial charge in [0.2, 0.25) is 0 Å². The topological polar surface area (TPSA) is 55.1 Å². The van der Waals surface area contributed by atoms with Crippen LogP contribution in [0.2, 0.25) is 0 Å². The summed E-state index contributed by atoms with van der Waals surface area (Å²) in [6, 6.07) is 0. The fourth-order valence-electron chi connectivity index (χ4n) is 1.76. The molecule has 1 aromatic rings. The highest BCUT2D eigenvalue weighted by molar-refractivity contribution is 8.06. The summed E-state index contributed by atoms with van der Waals surface area (Å²) in [5.74, 6) is 2.90. The summed E-state index contributed by atoms with van der Waals surface area (Å²) in [7, 11) is 0. The zero-order chi connectivity index (χ0) is 13.0. The number of aliphatic carboxylic acids is 1. The molecule has 2 rings (SSSR count). The second-order valence-electron chi connectivity index (χ2n) is 4.07. The van der Waals surface area contributed by atoms with Crippen LogP contribution in [0.3, 0.4) is 0 Å². The van der Waals surface area contributed by atoms with Crippen molar-refractivity contribution < 1.29 is 9.90 Å². The summed E-state index contributed by atoms with van der Waals surface area (Å²) in [6.45, 7) is 2.88. The highest BCUT2D eigenvalue weighted by Gasteiger charge is 2.17. The maximum absolute atomic E-state index is 10.6. The Morgan fingerprint density at radius 2 is 2.50 bits per heavy atom. The Kier molecular flexibility index (Phi) is 5.32. The standard InChI is InChI=1S/C11H16N2O2S3/c1-8-4-13(5-9-6-16-2-3-17-9)11(12-8)18-7-10(14)15/h4,9H,2-3,5-7H2,1H3,(H,14,15). The average molecular weight is 304 g/mol. The van der Waals surface area contributed by atoms with Crippen molar-refractivity contribution in [3.63, 3.8) is 0 Å². The molecule has 1 aliphatic rings. The Morgan fingerprint density at radius 1 is 1.67 bits per heavy atom. The second kappa shape index (κ2) is 6.77. The molecule has 1 aromatic heterocycles. The van der Waals surface area contributed by atoms with Crippen molar-refractivity contribution in [3.8, 4) is 0 Å². The van der Waals surface area contributed by atoms with Crippen LogP contribution in [0.1, 0.15) is 5.69 Å². The van der Waals surface area contributed by atoms with Crippen molar-refractivity contribution in [2.45, 2.75) is 23.9 Å². The Bertz CT molecular complexity index is 416. The van der Waals surface area contributed by atoms with Gasteiger partial charge in [-0.2, -0.15) is 23.5 Å². The van der Waals surface area contributed by atoms with E-state index in [0.717, 1.165) is 17.4 Å². The zero-order valence-corrected chi connectivity index (χ0v) is 12.6. The minimum absolute atomic E-state index is 0.0724. The summed E-state index contributed by atoms with van der Waals surface area (Å²) >= 11 is 5.30. The highest BCUT2D eigenvalue weighted by atomic mass is 32.2. The molecule has 18 heavy (non-hydrogen) atoms. The number of carboxylic acid groups (broad SMARTS) is 1. The van der Waals surface area contributed by atoms with Crippen LogP contribution in [-0.2, 0) is 11.3 Å². The number of hydrogen-bond acceptors (Lipinski definition) is 5. The Morgan fingerprint density at radius 3 is 3.17 bits per heavy atom. The molecule has 1 N–H and O–H groups in total. The lowest BCUT2D eigenvalue weighted by Gasteiger charge is -2.21. The Balaban J connectivity index is 1.99. The smallest absolute Gasteiger partial charge is 0.313 e. The lowest BCUT2D eigenvalue weighted by Crippen LogP contribution is -2.20. The fraction of sp³-hybridized carbons (Fsp3) is 0.636. The SMILES string of the molecule is Cc1cn(CC2CSCCS2)c(SCC(=O)O)n1. The predicted octanol–water partition coefficient (Wildman–Crippen LogP) is 2.22. The van der Waals surface area contributed by atoms with Crippen LogP contribution < -0.4 is 0 Å². The molecular formula is C11H16N2O2S3. The van der Waals surface area contributed by atoms with Crippen molar-refractivity contribution in [1.29, 1.82) is 0 Å². The average Bonchev–Trinajstić information content (AvgIpc) is 2.68. The molecule has 0 spiro atoms. The number of imidazole rings is 1. The van der Waals surface area contributed by atoms with Crippen molar-refractivity contribution in [1.82, 2.24) is 9.55 Å². The molecule has 0 aliphatic carbocycles. The van der Waals surface area contributed by atoms with Gasteiger partial charge in [-0.1, -0.05) is 11.8 Å². The van der Waals surface area contributed by atoms with Crippen molar-refractivity contribution in [2.75, 3.05) is 23.0 Å². The van der Waals surface area contributed by atoms with E-state index < -0.39 is 5.97 Å². The van der Waals surface area contributed by atoms with E-state index in [1.165, 1.54) is 29.0 Å². The number of hydrogen-bond donors (Lipinski definition) is 1. The number of aromatic nitrogens is 2. The van der Waals surface area contributed by atoms with E-state index in [1.54, 1.807) is 0 Å². The largest absolute Gasteiger partial charge is 0.481 e. The third-order valence-corrected chi connectivity index (χ3v) is 6.27. The van der Waals surface area contributed by atoms with Crippen molar-refractivity contribution >= 4 is 41.3 Å². The number of nitrogens with zero attached hydrogens (tertiary/aromatic N) is 2. The van der Waals surface area contributed by atoms with E-state index in [1.807, 2.05) is 36.6 Å². The minimum atomic E-state index is -0.796. The Labute approximate surface area is 119 Å². The first-order valence-electron chi connectivity index (χ1n) is 5.73. The lowest BCUT2D eigenvalue weighted by molar-refractivity contribution is -0.133. The maximum Gasteiger partial charge on any atom is 0.313 e. The molecule has 1 fully saturated rings. The van der Waals surface area contributed by atoms with Gasteiger partial charge in [0.15, 0.2) is 5.16 Å². The molecule has 1 aliphatic heterocycles. The Hall–Kier alpha value is -0.270. The number of carboxylic acids is 1. The van der Waals surface area contributed by atoms with Gasteiger partial charge in [-0.15, -0.1) is 0 Å². The molecule has 0 radical (unpaired) electrons. The van der Waals surface area contributed by atoms with E-state index in [-0.39, 0.29) is 5.75 Å². The quantitative estimate of drug-likeness (QED) is 0.842. The molecule has 7 heteroatoms. The minimum Gasteiger partial charge on any atom is -0.481 e. The molecule has 0 saturated carbocycles. The molecule has 1 atom stereocenters. The summed E-state index contributed by atoms with van der Waals surface area (Å²) in [6.07, 6.45) is 2.02. The summed E-state index contributed by atoms with van der Waals surface area (Å²) in [5.41, 5.74) is 0.955. The monoisotopic (exact) mass is 304 g/mol. The van der Waals surface area contributed by atoms with E-state index in [0.29, 0.717) is 5.25 Å². The fourth-order valence-corrected chi connectivity index (χ4v) is 5.18. The van der Waals surface area contributed by atoms with Crippen molar-refractivity contribution in [3.05, 3.63) is 11.9 Å². The van der Waals surface area contributed by atoms with Crippen molar-refractivity contribution in [2.24, 2.45) is 0 Å². The van der Waals surface area contributed by atoms with Gasteiger partial charge in [0.25, 0.3) is 0 Å². The van der Waals surface area contributed by atoms with Crippen LogP contribution in [0.5, 0.6) is 0 Å². The number of thioether (sulfide) groups is 3. The molecule has 2 heterocycles. The molecule has 100 valence electrons. The molecule has 1 saturated heterocycles. The maximum atomic E-state index is 10.6. The van der Waals surface area contributed by atoms with Crippen LogP contribution in [0.4, 0.5) is 0 Å². The number of rotatable bonds is 5. The van der Waals surface area contributed by atoms with Crippen LogP contribution in [-0.4, -0.2) is 48.9 Å². The van der Waals surface area contributed by atoms with Gasteiger partial charge < -0.3 is 9.67 Å². The van der Waals surface area contributed by atoms with E-state index in [9.17, 15) is 4.79 Å². The summed E-state index contributed by atoms with van der Waals surface area (Å²) in [5, 5.41) is 10.2. The number of aryl methyl sites for hydroxylation is 1. The first kappa shape index (κ1) is 14.1. The third-order valence-electron chi connectivity index (χ3n) is 2.47.